The maximum absolute atomic E-state index is 12.6. The number of fused-ring (bicyclic) bond motifs is 1. The van der Waals surface area contributed by atoms with Crippen LogP contribution in [0.15, 0.2) is 48.5 Å². The van der Waals surface area contributed by atoms with E-state index in [2.05, 4.69) is 10.2 Å². The summed E-state index contributed by atoms with van der Waals surface area (Å²) in [5.41, 5.74) is 4.42. The van der Waals surface area contributed by atoms with E-state index in [1.807, 2.05) is 22.9 Å². The lowest BCUT2D eigenvalue weighted by molar-refractivity contribution is 0.0106. The van der Waals surface area contributed by atoms with Gasteiger partial charge in [-0.15, -0.1) is 0 Å². The van der Waals surface area contributed by atoms with Crippen molar-refractivity contribution in [1.82, 2.24) is 24.3 Å². The molecule has 2 aromatic carbocycles. The summed E-state index contributed by atoms with van der Waals surface area (Å²) in [6, 6.07) is 14.4. The topological polar surface area (TPSA) is 117 Å². The van der Waals surface area contributed by atoms with Gasteiger partial charge in [0, 0.05) is 73.1 Å². The Morgan fingerprint density at radius 2 is 1.88 bits per heavy atom. The summed E-state index contributed by atoms with van der Waals surface area (Å²) < 4.78 is 33.5. The third-order valence-corrected chi connectivity index (χ3v) is 8.94. The predicted molar refractivity (Wildman–Crippen MR) is 153 cm³/mol. The van der Waals surface area contributed by atoms with Gasteiger partial charge in [-0.25, -0.2) is 8.42 Å². The standard InChI is InChI=1S/C28H34ClN5O5S/c1-40(37,38)33-10-9-26-24(19-33)27(31-34(26)18-23(35)17-32-11-13-39-14-12-32)21-7-8-25(29)22(15-21)16-30-28(36)20-5-3-2-4-6-20/h2-8,15,23,35H,9-14,16-19H2,1H3,(H,30,36). The number of aliphatic hydroxyl groups is 1. The van der Waals surface area contributed by atoms with Crippen LogP contribution in [0.25, 0.3) is 11.3 Å². The number of carbonyl (C=O) groups is 1. The Bertz CT molecular complexity index is 1460. The Morgan fingerprint density at radius 1 is 1.12 bits per heavy atom. The number of ether oxygens (including phenoxy) is 1. The van der Waals surface area contributed by atoms with Gasteiger partial charge in [-0.2, -0.15) is 9.40 Å². The van der Waals surface area contributed by atoms with E-state index in [0.29, 0.717) is 55.5 Å². The zero-order valence-corrected chi connectivity index (χ0v) is 24.0. The van der Waals surface area contributed by atoms with Gasteiger partial charge in [0.1, 0.15) is 0 Å². The molecular formula is C28H34ClN5O5S. The first-order valence-electron chi connectivity index (χ1n) is 13.3. The van der Waals surface area contributed by atoms with Crippen LogP contribution in [0.4, 0.5) is 0 Å². The second-order valence-corrected chi connectivity index (χ2v) is 12.6. The first-order chi connectivity index (χ1) is 19.2. The average Bonchev–Trinajstić information content (AvgIpc) is 3.30. The fourth-order valence-corrected chi connectivity index (χ4v) is 6.17. The molecule has 1 atom stereocenters. The SMILES string of the molecule is CS(=O)(=O)N1CCc2c(c(-c3ccc(Cl)c(CNC(=O)c4ccccc4)c3)nn2CC(O)CN2CCOCC2)C1. The zero-order valence-electron chi connectivity index (χ0n) is 22.4. The number of β-amino-alcohol motifs (C(OH)–C–C–N with tert-alkyl or cyclic N) is 1. The van der Waals surface area contributed by atoms with Crippen LogP contribution in [0, 0.1) is 0 Å². The van der Waals surface area contributed by atoms with Gasteiger partial charge in [-0.05, 0) is 29.8 Å². The summed E-state index contributed by atoms with van der Waals surface area (Å²) in [6.45, 7) is 4.44. The number of amides is 1. The van der Waals surface area contributed by atoms with E-state index < -0.39 is 16.1 Å². The monoisotopic (exact) mass is 587 g/mol. The Labute approximate surface area is 239 Å². The van der Waals surface area contributed by atoms with Gasteiger partial charge < -0.3 is 15.2 Å². The molecule has 1 fully saturated rings. The molecule has 40 heavy (non-hydrogen) atoms. The Kier molecular flexibility index (Phi) is 8.89. The third-order valence-electron chi connectivity index (χ3n) is 7.32. The highest BCUT2D eigenvalue weighted by atomic mass is 35.5. The van der Waals surface area contributed by atoms with E-state index >= 15 is 0 Å². The van der Waals surface area contributed by atoms with E-state index in [-0.39, 0.29) is 19.0 Å². The van der Waals surface area contributed by atoms with Crippen molar-refractivity contribution >= 4 is 27.5 Å². The van der Waals surface area contributed by atoms with E-state index in [1.165, 1.54) is 10.6 Å². The molecule has 12 heteroatoms. The van der Waals surface area contributed by atoms with Crippen LogP contribution in [0.1, 0.15) is 27.2 Å². The molecule has 10 nitrogen and oxygen atoms in total. The molecule has 0 bridgehead atoms. The number of aliphatic hydroxyl groups excluding tert-OH is 1. The molecule has 0 spiro atoms. The van der Waals surface area contributed by atoms with Crippen LogP contribution >= 0.6 is 11.6 Å². The van der Waals surface area contributed by atoms with Crippen molar-refractivity contribution in [3.63, 3.8) is 0 Å². The van der Waals surface area contributed by atoms with Gasteiger partial charge >= 0.3 is 0 Å². The number of sulfonamides is 1. The van der Waals surface area contributed by atoms with Crippen LogP contribution < -0.4 is 5.32 Å². The molecule has 5 rings (SSSR count). The number of morpholine rings is 1. The van der Waals surface area contributed by atoms with Gasteiger partial charge in [0.25, 0.3) is 5.91 Å². The average molecular weight is 588 g/mol. The summed E-state index contributed by atoms with van der Waals surface area (Å²) >= 11 is 6.50. The van der Waals surface area contributed by atoms with E-state index in [4.69, 9.17) is 21.4 Å². The van der Waals surface area contributed by atoms with Gasteiger partial charge in [0.2, 0.25) is 10.0 Å². The number of rotatable bonds is 9. The van der Waals surface area contributed by atoms with Gasteiger partial charge in [-0.1, -0.05) is 35.9 Å². The molecule has 214 valence electrons. The van der Waals surface area contributed by atoms with E-state index in [1.54, 1.807) is 30.3 Å². The second-order valence-electron chi connectivity index (χ2n) is 10.2. The third kappa shape index (κ3) is 6.73. The number of nitrogens with zero attached hydrogens (tertiary/aromatic N) is 4. The number of hydrogen-bond donors (Lipinski definition) is 2. The summed E-state index contributed by atoms with van der Waals surface area (Å²) in [5.74, 6) is -0.207. The summed E-state index contributed by atoms with van der Waals surface area (Å²) in [6.07, 6.45) is 1.06. The van der Waals surface area contributed by atoms with Crippen molar-refractivity contribution in [1.29, 1.82) is 0 Å². The Morgan fingerprint density at radius 3 is 2.60 bits per heavy atom. The van der Waals surface area contributed by atoms with Crippen molar-refractivity contribution in [3.8, 4) is 11.3 Å². The first kappa shape index (κ1) is 28.7. The molecule has 2 N–H and O–H groups in total. The van der Waals surface area contributed by atoms with Crippen LogP contribution in [0.3, 0.4) is 0 Å². The molecule has 3 aromatic rings. The number of hydrogen-bond acceptors (Lipinski definition) is 7. The Hall–Kier alpha value is -2.80. The molecule has 1 aromatic heterocycles. The van der Waals surface area contributed by atoms with Crippen LogP contribution in [0.5, 0.6) is 0 Å². The number of nitrogens with one attached hydrogen (secondary N) is 1. The lowest BCUT2D eigenvalue weighted by Gasteiger charge is -2.29. The lowest BCUT2D eigenvalue weighted by Crippen LogP contribution is -2.42. The summed E-state index contributed by atoms with van der Waals surface area (Å²) in [5, 5.41) is 19.2. The smallest absolute Gasteiger partial charge is 0.251 e. The minimum atomic E-state index is -3.40. The molecule has 0 radical (unpaired) electrons. The zero-order chi connectivity index (χ0) is 28.3. The molecule has 1 saturated heterocycles. The highest BCUT2D eigenvalue weighted by Gasteiger charge is 2.30. The molecule has 0 saturated carbocycles. The van der Waals surface area contributed by atoms with Crippen LogP contribution in [-0.4, -0.2) is 90.2 Å². The summed E-state index contributed by atoms with van der Waals surface area (Å²) in [7, 11) is -3.40. The lowest BCUT2D eigenvalue weighted by atomic mass is 10.0. The first-order valence-corrected chi connectivity index (χ1v) is 15.6. The number of aromatic nitrogens is 2. The molecule has 3 heterocycles. The van der Waals surface area contributed by atoms with Crippen LogP contribution in [0.2, 0.25) is 5.02 Å². The van der Waals surface area contributed by atoms with Gasteiger partial charge in [-0.3, -0.25) is 14.4 Å². The van der Waals surface area contributed by atoms with Crippen molar-refractivity contribution in [2.24, 2.45) is 0 Å². The second kappa shape index (κ2) is 12.4. The van der Waals surface area contributed by atoms with Gasteiger partial charge in [0.15, 0.2) is 0 Å². The Balaban J connectivity index is 1.41. The highest BCUT2D eigenvalue weighted by Crippen LogP contribution is 2.33. The fourth-order valence-electron chi connectivity index (χ4n) is 5.20. The minimum Gasteiger partial charge on any atom is -0.390 e. The molecule has 1 amide bonds. The summed E-state index contributed by atoms with van der Waals surface area (Å²) in [4.78, 5) is 14.8. The molecule has 1 unspecified atom stereocenters. The van der Waals surface area contributed by atoms with Crippen LogP contribution in [-0.2, 0) is 40.8 Å². The number of halogens is 1. The minimum absolute atomic E-state index is 0.200. The van der Waals surface area contributed by atoms with Gasteiger partial charge in [0.05, 0.1) is 37.8 Å². The van der Waals surface area contributed by atoms with E-state index in [0.717, 1.165) is 35.5 Å². The van der Waals surface area contributed by atoms with Crippen molar-refractivity contribution in [3.05, 3.63) is 75.9 Å². The molecule has 2 aliphatic heterocycles. The van der Waals surface area contributed by atoms with Crippen molar-refractivity contribution < 1.29 is 23.1 Å². The molecule has 0 aliphatic carbocycles. The highest BCUT2D eigenvalue weighted by molar-refractivity contribution is 7.88. The van der Waals surface area contributed by atoms with Crippen molar-refractivity contribution in [2.45, 2.75) is 32.2 Å². The maximum Gasteiger partial charge on any atom is 0.251 e. The molecular weight excluding hydrogens is 554 g/mol. The predicted octanol–water partition coefficient (Wildman–Crippen LogP) is 2.14. The normalized spacial score (nSPS) is 17.4. The molecule has 2 aliphatic rings. The number of benzene rings is 2. The fraction of sp³-hybridized carbons (Fsp3) is 0.429. The number of carbonyl (C=O) groups excluding carboxylic acids is 1. The quantitative estimate of drug-likeness (QED) is 0.394. The maximum atomic E-state index is 12.6. The van der Waals surface area contributed by atoms with E-state index in [9.17, 15) is 18.3 Å². The van der Waals surface area contributed by atoms with Crippen molar-refractivity contribution in [2.75, 3.05) is 45.6 Å². The largest absolute Gasteiger partial charge is 0.390 e.